The van der Waals surface area contributed by atoms with Gasteiger partial charge in [0.05, 0.1) is 6.10 Å². The lowest BCUT2D eigenvalue weighted by Gasteiger charge is -2.18. The Labute approximate surface area is 72.8 Å². The standard InChI is InChI=1S/C10H15NO/c1-7-6-8-9(11(7)2)4-3-5-10(8)12/h6,10,12H,3-5H2,1-2H3. The fourth-order valence-electron chi connectivity index (χ4n) is 2.03. The van der Waals surface area contributed by atoms with E-state index in [-0.39, 0.29) is 6.10 Å². The van der Waals surface area contributed by atoms with Crippen LogP contribution in [0.5, 0.6) is 0 Å². The number of aliphatic hydroxyl groups is 1. The molecule has 1 atom stereocenters. The molecule has 2 rings (SSSR count). The number of aromatic nitrogens is 1. The molecule has 2 nitrogen and oxygen atoms in total. The van der Waals surface area contributed by atoms with E-state index >= 15 is 0 Å². The van der Waals surface area contributed by atoms with Gasteiger partial charge in [-0.1, -0.05) is 0 Å². The lowest BCUT2D eigenvalue weighted by atomic mass is 9.95. The number of aryl methyl sites for hydroxylation is 1. The zero-order valence-corrected chi connectivity index (χ0v) is 7.67. The number of nitrogens with zero attached hydrogens (tertiary/aromatic N) is 1. The van der Waals surface area contributed by atoms with Gasteiger partial charge in [0.2, 0.25) is 0 Å². The Bertz CT molecular complexity index is 301. The van der Waals surface area contributed by atoms with Gasteiger partial charge in [0, 0.05) is 24.0 Å². The third kappa shape index (κ3) is 0.985. The molecule has 1 aromatic rings. The first kappa shape index (κ1) is 7.87. The van der Waals surface area contributed by atoms with Crippen molar-refractivity contribution in [3.05, 3.63) is 23.0 Å². The minimum Gasteiger partial charge on any atom is -0.388 e. The molecule has 0 bridgehead atoms. The summed E-state index contributed by atoms with van der Waals surface area (Å²) in [5, 5.41) is 9.69. The summed E-state index contributed by atoms with van der Waals surface area (Å²) in [5.74, 6) is 0. The second-order valence-electron chi connectivity index (χ2n) is 3.65. The van der Waals surface area contributed by atoms with Gasteiger partial charge < -0.3 is 9.67 Å². The van der Waals surface area contributed by atoms with Crippen LogP contribution in [0.1, 0.15) is 35.9 Å². The average Bonchev–Trinajstić information content (AvgIpc) is 2.32. The molecule has 0 fully saturated rings. The maximum absolute atomic E-state index is 9.69. The molecule has 0 amide bonds. The van der Waals surface area contributed by atoms with Crippen molar-refractivity contribution in [3.63, 3.8) is 0 Å². The fourth-order valence-corrected chi connectivity index (χ4v) is 2.03. The quantitative estimate of drug-likeness (QED) is 0.622. The molecular weight excluding hydrogens is 150 g/mol. The molecule has 2 heteroatoms. The fraction of sp³-hybridized carbons (Fsp3) is 0.600. The van der Waals surface area contributed by atoms with E-state index in [2.05, 4.69) is 24.6 Å². The predicted octanol–water partition coefficient (Wildman–Crippen LogP) is 1.70. The molecule has 0 aliphatic heterocycles. The van der Waals surface area contributed by atoms with Crippen LogP contribution in [-0.4, -0.2) is 9.67 Å². The largest absolute Gasteiger partial charge is 0.388 e. The first-order valence-corrected chi connectivity index (χ1v) is 4.53. The van der Waals surface area contributed by atoms with Gasteiger partial charge in [-0.25, -0.2) is 0 Å². The highest BCUT2D eigenvalue weighted by Crippen LogP contribution is 2.31. The molecule has 1 aliphatic carbocycles. The number of aliphatic hydroxyl groups excluding tert-OH is 1. The predicted molar refractivity (Wildman–Crippen MR) is 48.0 cm³/mol. The smallest absolute Gasteiger partial charge is 0.0807 e. The molecule has 0 aromatic carbocycles. The molecule has 12 heavy (non-hydrogen) atoms. The second kappa shape index (κ2) is 2.63. The molecule has 0 radical (unpaired) electrons. The summed E-state index contributed by atoms with van der Waals surface area (Å²) in [7, 11) is 2.08. The number of hydrogen-bond donors (Lipinski definition) is 1. The van der Waals surface area contributed by atoms with Crippen LogP contribution in [0, 0.1) is 6.92 Å². The van der Waals surface area contributed by atoms with Crippen LogP contribution >= 0.6 is 0 Å². The van der Waals surface area contributed by atoms with Crippen LogP contribution in [0.3, 0.4) is 0 Å². The van der Waals surface area contributed by atoms with E-state index in [0.29, 0.717) is 0 Å². The second-order valence-corrected chi connectivity index (χ2v) is 3.65. The van der Waals surface area contributed by atoms with Crippen molar-refractivity contribution in [1.29, 1.82) is 0 Å². The van der Waals surface area contributed by atoms with Gasteiger partial charge in [0.1, 0.15) is 0 Å². The summed E-state index contributed by atoms with van der Waals surface area (Å²) >= 11 is 0. The van der Waals surface area contributed by atoms with E-state index in [4.69, 9.17) is 0 Å². The van der Waals surface area contributed by atoms with Gasteiger partial charge in [-0.05, 0) is 32.3 Å². The van der Waals surface area contributed by atoms with E-state index in [0.717, 1.165) is 24.8 Å². The number of hydrogen-bond acceptors (Lipinski definition) is 1. The highest BCUT2D eigenvalue weighted by Gasteiger charge is 2.21. The van der Waals surface area contributed by atoms with Crippen molar-refractivity contribution in [1.82, 2.24) is 4.57 Å². The van der Waals surface area contributed by atoms with E-state index in [1.54, 1.807) is 0 Å². The lowest BCUT2D eigenvalue weighted by molar-refractivity contribution is 0.156. The molecule has 1 heterocycles. The topological polar surface area (TPSA) is 25.2 Å². The first-order chi connectivity index (χ1) is 5.70. The third-order valence-electron chi connectivity index (χ3n) is 2.88. The summed E-state index contributed by atoms with van der Waals surface area (Å²) in [5.41, 5.74) is 3.73. The van der Waals surface area contributed by atoms with Crippen LogP contribution in [0.2, 0.25) is 0 Å². The third-order valence-corrected chi connectivity index (χ3v) is 2.88. The zero-order chi connectivity index (χ0) is 8.72. The van der Waals surface area contributed by atoms with Crippen molar-refractivity contribution < 1.29 is 5.11 Å². The van der Waals surface area contributed by atoms with Crippen LogP contribution in [0.25, 0.3) is 0 Å². The minimum absolute atomic E-state index is 0.214. The summed E-state index contributed by atoms with van der Waals surface area (Å²) < 4.78 is 2.19. The molecule has 1 unspecified atom stereocenters. The SMILES string of the molecule is Cc1cc2c(n1C)CCCC2O. The van der Waals surface area contributed by atoms with Crippen molar-refractivity contribution in [2.75, 3.05) is 0 Å². The lowest BCUT2D eigenvalue weighted by Crippen LogP contribution is -2.10. The van der Waals surface area contributed by atoms with E-state index < -0.39 is 0 Å². The summed E-state index contributed by atoms with van der Waals surface area (Å²) in [6, 6.07) is 2.11. The highest BCUT2D eigenvalue weighted by atomic mass is 16.3. The Hall–Kier alpha value is -0.760. The maximum Gasteiger partial charge on any atom is 0.0807 e. The Morgan fingerprint density at radius 1 is 1.58 bits per heavy atom. The molecule has 0 saturated carbocycles. The average molecular weight is 165 g/mol. The molecule has 0 spiro atoms. The van der Waals surface area contributed by atoms with Gasteiger partial charge in [-0.3, -0.25) is 0 Å². The van der Waals surface area contributed by atoms with Crippen LogP contribution in [0.4, 0.5) is 0 Å². The van der Waals surface area contributed by atoms with E-state index in [9.17, 15) is 5.11 Å². The Morgan fingerprint density at radius 2 is 2.33 bits per heavy atom. The van der Waals surface area contributed by atoms with E-state index in [1.807, 2.05) is 0 Å². The monoisotopic (exact) mass is 165 g/mol. The van der Waals surface area contributed by atoms with Gasteiger partial charge in [-0.15, -0.1) is 0 Å². The summed E-state index contributed by atoms with van der Waals surface area (Å²) in [4.78, 5) is 0. The Balaban J connectivity index is 2.52. The van der Waals surface area contributed by atoms with Gasteiger partial charge >= 0.3 is 0 Å². The Kier molecular flexibility index (Phi) is 1.72. The molecule has 1 aromatic heterocycles. The zero-order valence-electron chi connectivity index (χ0n) is 7.67. The van der Waals surface area contributed by atoms with Gasteiger partial charge in [-0.2, -0.15) is 0 Å². The van der Waals surface area contributed by atoms with Crippen LogP contribution in [0.15, 0.2) is 6.07 Å². The molecular formula is C10H15NO. The van der Waals surface area contributed by atoms with Crippen molar-refractivity contribution in [3.8, 4) is 0 Å². The molecule has 66 valence electrons. The van der Waals surface area contributed by atoms with E-state index in [1.165, 1.54) is 11.4 Å². The first-order valence-electron chi connectivity index (χ1n) is 4.53. The number of rotatable bonds is 0. The highest BCUT2D eigenvalue weighted by molar-refractivity contribution is 5.31. The normalized spacial score (nSPS) is 22.4. The van der Waals surface area contributed by atoms with Crippen LogP contribution < -0.4 is 0 Å². The summed E-state index contributed by atoms with van der Waals surface area (Å²) in [6.45, 7) is 2.09. The van der Waals surface area contributed by atoms with Crippen molar-refractivity contribution in [2.24, 2.45) is 7.05 Å². The van der Waals surface area contributed by atoms with Crippen molar-refractivity contribution >= 4 is 0 Å². The minimum atomic E-state index is -0.214. The number of fused-ring (bicyclic) bond motifs is 1. The molecule has 1 aliphatic rings. The summed E-state index contributed by atoms with van der Waals surface area (Å²) in [6.07, 6.45) is 2.95. The molecule has 0 saturated heterocycles. The maximum atomic E-state index is 9.69. The van der Waals surface area contributed by atoms with Crippen molar-refractivity contribution in [2.45, 2.75) is 32.3 Å². The Morgan fingerprint density at radius 3 is 3.00 bits per heavy atom. The van der Waals surface area contributed by atoms with Gasteiger partial charge in [0.25, 0.3) is 0 Å². The van der Waals surface area contributed by atoms with Crippen LogP contribution in [-0.2, 0) is 13.5 Å². The van der Waals surface area contributed by atoms with Gasteiger partial charge in [0.15, 0.2) is 0 Å². The molecule has 1 N–H and O–H groups in total.